The van der Waals surface area contributed by atoms with Crippen LogP contribution >= 0.6 is 0 Å². The van der Waals surface area contributed by atoms with Crippen LogP contribution in [-0.2, 0) is 0 Å². The van der Waals surface area contributed by atoms with Crippen LogP contribution < -0.4 is 25.9 Å². The van der Waals surface area contributed by atoms with E-state index in [1.807, 2.05) is 42.7 Å². The molecule has 0 aliphatic carbocycles. The Morgan fingerprint density at radius 1 is 0.442 bits per heavy atom. The van der Waals surface area contributed by atoms with Crippen molar-refractivity contribution in [3.63, 3.8) is 0 Å². The van der Waals surface area contributed by atoms with Gasteiger partial charge in [-0.15, -0.1) is 0 Å². The maximum atomic E-state index is 6.47. The molecule has 2 aliphatic heterocycles. The average Bonchev–Trinajstić information content (AvgIpc) is 3.08. The topological polar surface area (TPSA) is 44.2 Å². The summed E-state index contributed by atoms with van der Waals surface area (Å²) in [4.78, 5) is 9.57. The number of ether oxygens (including phenoxy) is 2. The molecular weight excluding hydrogens is 527 g/mol. The summed E-state index contributed by atoms with van der Waals surface area (Å²) in [5.41, 5.74) is 9.49. The third-order valence-corrected chi connectivity index (χ3v) is 8.49. The molecule has 0 saturated carbocycles. The van der Waals surface area contributed by atoms with Gasteiger partial charge in [-0.05, 0) is 93.2 Å². The molecule has 0 radical (unpaired) electrons. The SMILES string of the molecule is c1ccc(-c2ccnc(-c3ccc4c(c3)B3c5cc(-c6cc7ccccc7cn6)ccc5Oc5cccc(c53)O4)c2)cc1. The minimum absolute atomic E-state index is 0.0589. The summed E-state index contributed by atoms with van der Waals surface area (Å²) in [6.07, 6.45) is 3.83. The lowest BCUT2D eigenvalue weighted by Gasteiger charge is -2.33. The van der Waals surface area contributed by atoms with Crippen molar-refractivity contribution in [2.24, 2.45) is 0 Å². The summed E-state index contributed by atoms with van der Waals surface area (Å²) >= 11 is 0. The first-order chi connectivity index (χ1) is 21.3. The molecule has 0 bridgehead atoms. The second kappa shape index (κ2) is 9.43. The Bertz CT molecular complexity index is 2200. The summed E-state index contributed by atoms with van der Waals surface area (Å²) in [5.74, 6) is 3.35. The average molecular weight is 550 g/mol. The fourth-order valence-electron chi connectivity index (χ4n) is 6.39. The fourth-order valence-corrected chi connectivity index (χ4v) is 6.39. The number of fused-ring (bicyclic) bond motifs is 5. The van der Waals surface area contributed by atoms with Gasteiger partial charge in [0, 0.05) is 23.2 Å². The van der Waals surface area contributed by atoms with E-state index in [-0.39, 0.29) is 6.71 Å². The predicted molar refractivity (Wildman–Crippen MR) is 174 cm³/mol. The zero-order valence-corrected chi connectivity index (χ0v) is 23.1. The van der Waals surface area contributed by atoms with Crippen LogP contribution in [0.5, 0.6) is 23.0 Å². The standard InChI is InChI=1S/C38H23BN2O2/c1-2-7-24(8-3-1)26-17-18-40-32(22-26)27-13-15-34-30(19-27)39-31-20-28(33-21-25-9-4-5-10-29(25)23-41-33)14-16-35(31)43-37-12-6-11-36(42-34)38(37)39/h1-23H. The smallest absolute Gasteiger partial charge is 0.260 e. The van der Waals surface area contributed by atoms with E-state index in [4.69, 9.17) is 19.4 Å². The lowest BCUT2D eigenvalue weighted by atomic mass is 9.34. The Balaban J connectivity index is 1.20. The molecule has 5 aromatic carbocycles. The molecule has 4 heterocycles. The highest BCUT2D eigenvalue weighted by Gasteiger charge is 2.40. The van der Waals surface area contributed by atoms with Gasteiger partial charge < -0.3 is 9.47 Å². The van der Waals surface area contributed by atoms with E-state index in [0.29, 0.717) is 0 Å². The van der Waals surface area contributed by atoms with Crippen LogP contribution in [0, 0.1) is 0 Å². The van der Waals surface area contributed by atoms with Crippen LogP contribution in [0.4, 0.5) is 0 Å². The van der Waals surface area contributed by atoms with E-state index in [2.05, 4.69) is 97.1 Å². The van der Waals surface area contributed by atoms with Crippen LogP contribution in [0.15, 0.2) is 140 Å². The van der Waals surface area contributed by atoms with Crippen molar-refractivity contribution in [2.45, 2.75) is 0 Å². The molecule has 0 spiro atoms. The van der Waals surface area contributed by atoms with Gasteiger partial charge in [0.2, 0.25) is 0 Å². The molecule has 2 aromatic heterocycles. The third-order valence-electron chi connectivity index (χ3n) is 8.49. The fraction of sp³-hybridized carbons (Fsp3) is 0. The highest BCUT2D eigenvalue weighted by molar-refractivity contribution is 6.98. The highest BCUT2D eigenvalue weighted by Crippen LogP contribution is 2.36. The molecule has 9 rings (SSSR count). The van der Waals surface area contributed by atoms with Gasteiger partial charge in [-0.2, -0.15) is 0 Å². The quantitative estimate of drug-likeness (QED) is 0.216. The Morgan fingerprint density at radius 2 is 1.09 bits per heavy atom. The number of nitrogens with zero attached hydrogens (tertiary/aromatic N) is 2. The van der Waals surface area contributed by atoms with E-state index >= 15 is 0 Å². The van der Waals surface area contributed by atoms with Crippen LogP contribution in [0.25, 0.3) is 44.4 Å². The van der Waals surface area contributed by atoms with Gasteiger partial charge >= 0.3 is 0 Å². The summed E-state index contributed by atoms with van der Waals surface area (Å²) < 4.78 is 12.9. The van der Waals surface area contributed by atoms with Gasteiger partial charge in [-0.3, -0.25) is 9.97 Å². The molecule has 5 heteroatoms. The van der Waals surface area contributed by atoms with Gasteiger partial charge in [0.05, 0.1) is 11.4 Å². The molecule has 0 N–H and O–H groups in total. The van der Waals surface area contributed by atoms with E-state index in [9.17, 15) is 0 Å². The van der Waals surface area contributed by atoms with Gasteiger partial charge in [-0.25, -0.2) is 0 Å². The summed E-state index contributed by atoms with van der Waals surface area (Å²) in [7, 11) is 0. The predicted octanol–water partition coefficient (Wildman–Crippen LogP) is 7.36. The molecular formula is C38H23BN2O2. The molecule has 0 atom stereocenters. The van der Waals surface area contributed by atoms with Crippen molar-refractivity contribution in [3.8, 4) is 56.6 Å². The van der Waals surface area contributed by atoms with Crippen molar-refractivity contribution in [2.75, 3.05) is 0 Å². The van der Waals surface area contributed by atoms with Gasteiger partial charge in [0.15, 0.2) is 0 Å². The number of benzene rings is 5. The minimum Gasteiger partial charge on any atom is -0.458 e. The molecule has 0 fully saturated rings. The number of hydrogen-bond donors (Lipinski definition) is 0. The summed E-state index contributed by atoms with van der Waals surface area (Å²) in [6, 6.07) is 43.9. The van der Waals surface area contributed by atoms with Crippen LogP contribution in [0.3, 0.4) is 0 Å². The third kappa shape index (κ3) is 3.93. The minimum atomic E-state index is -0.0589. The van der Waals surface area contributed by atoms with Crippen molar-refractivity contribution >= 4 is 33.9 Å². The molecule has 0 saturated heterocycles. The molecule has 0 amide bonds. The molecule has 2 aliphatic rings. The number of rotatable bonds is 3. The summed E-state index contributed by atoms with van der Waals surface area (Å²) in [5, 5.41) is 2.29. The largest absolute Gasteiger partial charge is 0.458 e. The first-order valence-electron chi connectivity index (χ1n) is 14.4. The first kappa shape index (κ1) is 24.0. The monoisotopic (exact) mass is 550 g/mol. The Labute approximate surface area is 249 Å². The summed E-state index contributed by atoms with van der Waals surface area (Å²) in [6.45, 7) is -0.0589. The Kier molecular flexibility index (Phi) is 5.26. The van der Waals surface area contributed by atoms with Crippen molar-refractivity contribution in [1.29, 1.82) is 0 Å². The van der Waals surface area contributed by atoms with Crippen molar-refractivity contribution < 1.29 is 9.47 Å². The zero-order valence-electron chi connectivity index (χ0n) is 23.1. The lowest BCUT2D eigenvalue weighted by Crippen LogP contribution is -2.57. The number of pyridine rings is 2. The normalized spacial score (nSPS) is 12.5. The van der Waals surface area contributed by atoms with E-state index in [0.717, 1.165) is 72.9 Å². The van der Waals surface area contributed by atoms with Crippen LogP contribution in [0.1, 0.15) is 0 Å². The van der Waals surface area contributed by atoms with E-state index < -0.39 is 0 Å². The maximum Gasteiger partial charge on any atom is 0.260 e. The Hall–Kier alpha value is -5.68. The van der Waals surface area contributed by atoms with Gasteiger partial charge in [-0.1, -0.05) is 72.8 Å². The second-order valence-electron chi connectivity index (χ2n) is 11.0. The molecule has 0 unspecified atom stereocenters. The maximum absolute atomic E-state index is 6.47. The van der Waals surface area contributed by atoms with E-state index in [1.54, 1.807) is 0 Å². The number of hydrogen-bond acceptors (Lipinski definition) is 4. The number of aromatic nitrogens is 2. The van der Waals surface area contributed by atoms with Gasteiger partial charge in [0.25, 0.3) is 6.71 Å². The first-order valence-corrected chi connectivity index (χ1v) is 14.4. The molecule has 4 nitrogen and oxygen atoms in total. The molecule has 200 valence electrons. The van der Waals surface area contributed by atoms with Crippen LogP contribution in [0.2, 0.25) is 0 Å². The lowest BCUT2D eigenvalue weighted by molar-refractivity contribution is 0.464. The van der Waals surface area contributed by atoms with Gasteiger partial charge in [0.1, 0.15) is 23.0 Å². The molecule has 43 heavy (non-hydrogen) atoms. The van der Waals surface area contributed by atoms with Crippen molar-refractivity contribution in [1.82, 2.24) is 9.97 Å². The van der Waals surface area contributed by atoms with Crippen molar-refractivity contribution in [3.05, 3.63) is 140 Å². The zero-order chi connectivity index (χ0) is 28.3. The van der Waals surface area contributed by atoms with Crippen LogP contribution in [-0.4, -0.2) is 16.7 Å². The highest BCUT2D eigenvalue weighted by atomic mass is 16.5. The second-order valence-corrected chi connectivity index (χ2v) is 11.0. The Morgan fingerprint density at radius 3 is 1.81 bits per heavy atom. The van der Waals surface area contributed by atoms with E-state index in [1.165, 1.54) is 10.9 Å². The molecule has 7 aromatic rings.